The molecule has 4 heterocycles. The molecule has 0 aliphatic carbocycles. The molecule has 1 aliphatic heterocycles. The lowest BCUT2D eigenvalue weighted by Crippen LogP contribution is -2.07. The molecule has 0 atom stereocenters. The Hall–Kier alpha value is -7.89. The summed E-state index contributed by atoms with van der Waals surface area (Å²) in [6.45, 7) is 0. The van der Waals surface area contributed by atoms with Crippen molar-refractivity contribution in [3.05, 3.63) is 188 Å². The largest absolute Gasteiger partial charge is 0.306 e. The zero-order valence-electron chi connectivity index (χ0n) is 31.1. The molecule has 12 aromatic rings. The summed E-state index contributed by atoms with van der Waals surface area (Å²) in [5.41, 5.74) is 12.3. The van der Waals surface area contributed by atoms with Crippen molar-refractivity contribution in [2.75, 3.05) is 0 Å². The Labute approximate surface area is 332 Å². The standard InChI is InChI=1S/C53H31N5/c1-2-14-33(15-3-1)51-54-52(35-27-28-37-34(31-35)26-25-32-13-4-5-16-36(32)37)56-53(55-51)58-47-24-11-9-20-41(47)44-29-30-45-43-22-12-21-42-39-18-7-6-17-38(39)40-19-8-10-23-46(40)57(48(42)43)49(45)50(44)58/h1-31H. The first-order chi connectivity index (χ1) is 28.8. The van der Waals surface area contributed by atoms with Crippen molar-refractivity contribution < 1.29 is 0 Å². The Kier molecular flexibility index (Phi) is 6.38. The number of benzene rings is 9. The highest BCUT2D eigenvalue weighted by Gasteiger charge is 2.28. The van der Waals surface area contributed by atoms with Crippen molar-refractivity contribution in [2.24, 2.45) is 0 Å². The molecule has 3 aromatic heterocycles. The molecule has 0 saturated carbocycles. The summed E-state index contributed by atoms with van der Waals surface area (Å²) in [5, 5.41) is 9.48. The quantitative estimate of drug-likeness (QED) is 0.170. The summed E-state index contributed by atoms with van der Waals surface area (Å²) < 4.78 is 4.78. The minimum absolute atomic E-state index is 0.574. The van der Waals surface area contributed by atoms with E-state index >= 15 is 0 Å². The minimum atomic E-state index is 0.574. The van der Waals surface area contributed by atoms with Gasteiger partial charge in [-0.25, -0.2) is 4.98 Å². The Morgan fingerprint density at radius 1 is 0.310 bits per heavy atom. The highest BCUT2D eigenvalue weighted by Crippen LogP contribution is 2.49. The maximum Gasteiger partial charge on any atom is 0.238 e. The van der Waals surface area contributed by atoms with Crippen LogP contribution >= 0.6 is 0 Å². The summed E-state index contributed by atoms with van der Waals surface area (Å²) >= 11 is 0. The molecule has 0 saturated heterocycles. The molecular formula is C53H31N5. The van der Waals surface area contributed by atoms with Crippen LogP contribution in [0.5, 0.6) is 0 Å². The van der Waals surface area contributed by atoms with Crippen LogP contribution in [0.4, 0.5) is 0 Å². The molecule has 5 heteroatoms. The van der Waals surface area contributed by atoms with Gasteiger partial charge in [0.2, 0.25) is 5.95 Å². The zero-order chi connectivity index (χ0) is 37.9. The molecule has 0 unspecified atom stereocenters. The van der Waals surface area contributed by atoms with Gasteiger partial charge in [0.25, 0.3) is 0 Å². The fraction of sp³-hybridized carbons (Fsp3) is 0. The zero-order valence-corrected chi connectivity index (χ0v) is 31.1. The molecule has 0 amide bonds. The lowest BCUT2D eigenvalue weighted by molar-refractivity contribution is 0.953. The molecule has 0 radical (unpaired) electrons. The van der Waals surface area contributed by atoms with Crippen LogP contribution in [-0.2, 0) is 0 Å². The van der Waals surface area contributed by atoms with E-state index in [-0.39, 0.29) is 0 Å². The number of rotatable bonds is 3. The molecule has 0 fully saturated rings. The van der Waals surface area contributed by atoms with Crippen molar-refractivity contribution in [2.45, 2.75) is 0 Å². The molecule has 268 valence electrons. The number of fused-ring (bicyclic) bond motifs is 15. The lowest BCUT2D eigenvalue weighted by Gasteiger charge is -2.15. The predicted octanol–water partition coefficient (Wildman–Crippen LogP) is 13.4. The molecule has 0 spiro atoms. The maximum atomic E-state index is 5.42. The SMILES string of the molecule is c1ccc(-c2nc(-c3ccc4c(ccc5ccccc54)c3)nc(-n3c4ccccc4c4ccc5c6cccc7c6n(c5c43)-c3ccccc3-c3ccccc3-7)n2)cc1. The first kappa shape index (κ1) is 31.3. The van der Waals surface area contributed by atoms with Gasteiger partial charge in [-0.15, -0.1) is 0 Å². The average molecular weight is 738 g/mol. The third-order valence-electron chi connectivity index (χ3n) is 12.1. The number of hydrogen-bond donors (Lipinski definition) is 0. The second-order valence-corrected chi connectivity index (χ2v) is 15.2. The Morgan fingerprint density at radius 2 is 0.879 bits per heavy atom. The third kappa shape index (κ3) is 4.33. The van der Waals surface area contributed by atoms with Crippen LogP contribution in [0.2, 0.25) is 0 Å². The second-order valence-electron chi connectivity index (χ2n) is 15.2. The van der Waals surface area contributed by atoms with Crippen LogP contribution in [0.3, 0.4) is 0 Å². The van der Waals surface area contributed by atoms with Crippen molar-refractivity contribution in [3.8, 4) is 56.7 Å². The summed E-state index contributed by atoms with van der Waals surface area (Å²) in [6.07, 6.45) is 0. The first-order valence-corrected chi connectivity index (χ1v) is 19.7. The van der Waals surface area contributed by atoms with Crippen molar-refractivity contribution in [1.29, 1.82) is 0 Å². The van der Waals surface area contributed by atoms with E-state index in [2.05, 4.69) is 179 Å². The summed E-state index contributed by atoms with van der Waals surface area (Å²) in [4.78, 5) is 16.0. The van der Waals surface area contributed by atoms with E-state index in [1.165, 1.54) is 54.7 Å². The highest BCUT2D eigenvalue weighted by molar-refractivity contribution is 6.26. The van der Waals surface area contributed by atoms with Crippen LogP contribution in [0.1, 0.15) is 0 Å². The van der Waals surface area contributed by atoms with E-state index < -0.39 is 0 Å². The van der Waals surface area contributed by atoms with Gasteiger partial charge in [0.1, 0.15) is 0 Å². The fourth-order valence-corrected chi connectivity index (χ4v) is 9.57. The van der Waals surface area contributed by atoms with Crippen LogP contribution in [0, 0.1) is 0 Å². The van der Waals surface area contributed by atoms with Crippen molar-refractivity contribution >= 4 is 65.2 Å². The molecule has 58 heavy (non-hydrogen) atoms. The van der Waals surface area contributed by atoms with E-state index in [0.29, 0.717) is 17.6 Å². The lowest BCUT2D eigenvalue weighted by atomic mass is 9.94. The topological polar surface area (TPSA) is 48.5 Å². The number of nitrogens with zero attached hydrogens (tertiary/aromatic N) is 5. The van der Waals surface area contributed by atoms with Gasteiger partial charge in [0.05, 0.1) is 27.8 Å². The average Bonchev–Trinajstić information content (AvgIpc) is 3.78. The van der Waals surface area contributed by atoms with Crippen LogP contribution < -0.4 is 0 Å². The predicted molar refractivity (Wildman–Crippen MR) is 239 cm³/mol. The molecule has 0 N–H and O–H groups in total. The van der Waals surface area contributed by atoms with Gasteiger partial charge in [0, 0.05) is 43.8 Å². The third-order valence-corrected chi connectivity index (χ3v) is 12.1. The molecule has 0 bridgehead atoms. The second kappa shape index (κ2) is 11.8. The van der Waals surface area contributed by atoms with Crippen molar-refractivity contribution in [1.82, 2.24) is 24.1 Å². The molecule has 9 aromatic carbocycles. The van der Waals surface area contributed by atoms with E-state index in [1.54, 1.807) is 0 Å². The number of hydrogen-bond acceptors (Lipinski definition) is 3. The maximum absolute atomic E-state index is 5.42. The highest BCUT2D eigenvalue weighted by atomic mass is 15.2. The summed E-state index contributed by atoms with van der Waals surface area (Å²) in [6, 6.07) is 67.3. The molecule has 1 aliphatic rings. The van der Waals surface area contributed by atoms with Gasteiger partial charge in [-0.3, -0.25) is 4.57 Å². The molecule has 5 nitrogen and oxygen atoms in total. The Balaban J connectivity index is 1.17. The smallest absolute Gasteiger partial charge is 0.238 e. The van der Waals surface area contributed by atoms with Crippen LogP contribution in [-0.4, -0.2) is 24.1 Å². The normalized spacial score (nSPS) is 12.1. The van der Waals surface area contributed by atoms with Gasteiger partial charge in [-0.1, -0.05) is 170 Å². The Bertz CT molecular complexity index is 3690. The fourth-order valence-electron chi connectivity index (χ4n) is 9.57. The van der Waals surface area contributed by atoms with Crippen LogP contribution in [0.15, 0.2) is 188 Å². The minimum Gasteiger partial charge on any atom is -0.306 e. The van der Waals surface area contributed by atoms with Crippen molar-refractivity contribution in [3.63, 3.8) is 0 Å². The van der Waals surface area contributed by atoms with E-state index in [1.807, 2.05) is 18.2 Å². The first-order valence-electron chi connectivity index (χ1n) is 19.7. The van der Waals surface area contributed by atoms with Gasteiger partial charge >= 0.3 is 0 Å². The van der Waals surface area contributed by atoms with Gasteiger partial charge < -0.3 is 4.57 Å². The van der Waals surface area contributed by atoms with E-state index in [4.69, 9.17) is 15.0 Å². The van der Waals surface area contributed by atoms with E-state index in [0.717, 1.165) is 49.5 Å². The monoisotopic (exact) mass is 737 g/mol. The molecular weight excluding hydrogens is 707 g/mol. The van der Waals surface area contributed by atoms with Gasteiger partial charge in [-0.2, -0.15) is 9.97 Å². The van der Waals surface area contributed by atoms with Gasteiger partial charge in [0.15, 0.2) is 11.6 Å². The Morgan fingerprint density at radius 3 is 1.74 bits per heavy atom. The van der Waals surface area contributed by atoms with Crippen LogP contribution in [0.25, 0.3) is 122 Å². The van der Waals surface area contributed by atoms with Gasteiger partial charge in [-0.05, 0) is 50.9 Å². The summed E-state index contributed by atoms with van der Waals surface area (Å²) in [5.74, 6) is 1.82. The number of para-hydroxylation sites is 3. The molecule has 13 rings (SSSR count). The summed E-state index contributed by atoms with van der Waals surface area (Å²) in [7, 11) is 0. The van der Waals surface area contributed by atoms with E-state index in [9.17, 15) is 0 Å². The number of aromatic nitrogens is 5.